The Balaban J connectivity index is 2.22. The SMILES string of the molecule is Cc1nn(CC2(CBr)CCCC2)c(C)c1Br. The highest BCUT2D eigenvalue weighted by Gasteiger charge is 2.34. The van der Waals surface area contributed by atoms with E-state index in [1.54, 1.807) is 0 Å². The first-order chi connectivity index (χ1) is 7.58. The molecule has 2 rings (SSSR count). The third-order valence-corrected chi connectivity index (χ3v) is 6.06. The smallest absolute Gasteiger partial charge is 0.0738 e. The van der Waals surface area contributed by atoms with Crippen LogP contribution in [0.15, 0.2) is 4.47 Å². The monoisotopic (exact) mass is 348 g/mol. The molecule has 2 nitrogen and oxygen atoms in total. The van der Waals surface area contributed by atoms with Crippen LogP contribution in [0.5, 0.6) is 0 Å². The topological polar surface area (TPSA) is 17.8 Å². The van der Waals surface area contributed by atoms with Crippen molar-refractivity contribution in [2.45, 2.75) is 46.1 Å². The van der Waals surface area contributed by atoms with Gasteiger partial charge < -0.3 is 0 Å². The average Bonchev–Trinajstić information content (AvgIpc) is 2.83. The second-order valence-electron chi connectivity index (χ2n) is 4.98. The van der Waals surface area contributed by atoms with E-state index in [1.165, 1.54) is 31.4 Å². The molecule has 0 unspecified atom stereocenters. The molecule has 0 amide bonds. The van der Waals surface area contributed by atoms with E-state index in [-0.39, 0.29) is 0 Å². The van der Waals surface area contributed by atoms with Crippen LogP contribution < -0.4 is 0 Å². The lowest BCUT2D eigenvalue weighted by Crippen LogP contribution is -2.26. The van der Waals surface area contributed by atoms with Gasteiger partial charge in [0.15, 0.2) is 0 Å². The van der Waals surface area contributed by atoms with Crippen molar-refractivity contribution in [1.82, 2.24) is 9.78 Å². The predicted molar refractivity (Wildman–Crippen MR) is 74.1 cm³/mol. The Morgan fingerprint density at radius 2 is 1.94 bits per heavy atom. The number of aromatic nitrogens is 2. The fourth-order valence-electron chi connectivity index (χ4n) is 2.61. The van der Waals surface area contributed by atoms with Crippen molar-refractivity contribution in [2.24, 2.45) is 5.41 Å². The largest absolute Gasteiger partial charge is 0.268 e. The summed E-state index contributed by atoms with van der Waals surface area (Å²) >= 11 is 7.28. The van der Waals surface area contributed by atoms with Crippen molar-refractivity contribution < 1.29 is 0 Å². The molecule has 1 fully saturated rings. The molecule has 1 heterocycles. The lowest BCUT2D eigenvalue weighted by Gasteiger charge is -2.26. The Bertz CT molecular complexity index is 379. The minimum Gasteiger partial charge on any atom is -0.268 e. The Labute approximate surface area is 114 Å². The number of hydrogen-bond acceptors (Lipinski definition) is 1. The van der Waals surface area contributed by atoms with E-state index in [1.807, 2.05) is 0 Å². The van der Waals surface area contributed by atoms with Gasteiger partial charge in [0.05, 0.1) is 10.2 Å². The maximum atomic E-state index is 4.62. The molecule has 90 valence electrons. The zero-order chi connectivity index (χ0) is 11.8. The summed E-state index contributed by atoms with van der Waals surface area (Å²) in [6, 6.07) is 0. The van der Waals surface area contributed by atoms with Gasteiger partial charge in [-0.1, -0.05) is 28.8 Å². The molecule has 1 saturated carbocycles. The van der Waals surface area contributed by atoms with Gasteiger partial charge in [0.25, 0.3) is 0 Å². The van der Waals surface area contributed by atoms with Crippen molar-refractivity contribution in [2.75, 3.05) is 5.33 Å². The van der Waals surface area contributed by atoms with E-state index in [0.717, 1.165) is 22.0 Å². The lowest BCUT2D eigenvalue weighted by atomic mass is 9.89. The maximum absolute atomic E-state index is 4.62. The quantitative estimate of drug-likeness (QED) is 0.747. The second kappa shape index (κ2) is 4.81. The van der Waals surface area contributed by atoms with Gasteiger partial charge in [-0.25, -0.2) is 0 Å². The lowest BCUT2D eigenvalue weighted by molar-refractivity contribution is 0.274. The summed E-state index contributed by atoms with van der Waals surface area (Å²) < 4.78 is 3.33. The van der Waals surface area contributed by atoms with E-state index >= 15 is 0 Å². The molecular weight excluding hydrogens is 332 g/mol. The van der Waals surface area contributed by atoms with Crippen molar-refractivity contribution in [3.63, 3.8) is 0 Å². The molecule has 4 heteroatoms. The highest BCUT2D eigenvalue weighted by Crippen LogP contribution is 2.41. The Kier molecular flexibility index (Phi) is 3.79. The van der Waals surface area contributed by atoms with Gasteiger partial charge in [0, 0.05) is 17.6 Å². The molecule has 1 aromatic heterocycles. The van der Waals surface area contributed by atoms with Crippen LogP contribution >= 0.6 is 31.9 Å². The minimum absolute atomic E-state index is 0.433. The van der Waals surface area contributed by atoms with Gasteiger partial charge >= 0.3 is 0 Å². The van der Waals surface area contributed by atoms with Crippen LogP contribution in [0.1, 0.15) is 37.1 Å². The third-order valence-electron chi connectivity index (χ3n) is 3.73. The van der Waals surface area contributed by atoms with Crippen LogP contribution in [0.4, 0.5) is 0 Å². The van der Waals surface area contributed by atoms with Crippen molar-refractivity contribution >= 4 is 31.9 Å². The van der Waals surface area contributed by atoms with Gasteiger partial charge in [-0.05, 0) is 48.0 Å². The van der Waals surface area contributed by atoms with Crippen molar-refractivity contribution in [3.05, 3.63) is 15.9 Å². The van der Waals surface area contributed by atoms with Crippen molar-refractivity contribution in [1.29, 1.82) is 0 Å². The van der Waals surface area contributed by atoms with Crippen LogP contribution in [0.2, 0.25) is 0 Å². The number of hydrogen-bond donors (Lipinski definition) is 0. The molecule has 0 radical (unpaired) electrons. The number of alkyl halides is 1. The highest BCUT2D eigenvalue weighted by atomic mass is 79.9. The standard InChI is InChI=1S/C12H18Br2N2/c1-9-11(14)10(2)16(15-9)8-12(7-13)5-3-4-6-12/h3-8H2,1-2H3. The zero-order valence-electron chi connectivity index (χ0n) is 9.89. The molecule has 0 atom stereocenters. The molecule has 16 heavy (non-hydrogen) atoms. The summed E-state index contributed by atoms with van der Waals surface area (Å²) in [5.41, 5.74) is 2.78. The van der Waals surface area contributed by atoms with Gasteiger partial charge in [-0.3, -0.25) is 4.68 Å². The molecular formula is C12H18Br2N2. The van der Waals surface area contributed by atoms with Crippen LogP contribution in [0.25, 0.3) is 0 Å². The zero-order valence-corrected chi connectivity index (χ0v) is 13.1. The first kappa shape index (κ1) is 12.6. The highest BCUT2D eigenvalue weighted by molar-refractivity contribution is 9.10. The fraction of sp³-hybridized carbons (Fsp3) is 0.750. The first-order valence-electron chi connectivity index (χ1n) is 5.83. The van der Waals surface area contributed by atoms with Crippen LogP contribution in [0, 0.1) is 19.3 Å². The third kappa shape index (κ3) is 2.23. The number of aryl methyl sites for hydroxylation is 1. The van der Waals surface area contributed by atoms with E-state index in [4.69, 9.17) is 0 Å². The van der Waals surface area contributed by atoms with Crippen molar-refractivity contribution in [3.8, 4) is 0 Å². The fourth-order valence-corrected chi connectivity index (χ4v) is 3.63. The molecule has 0 aromatic carbocycles. The summed E-state index contributed by atoms with van der Waals surface area (Å²) in [5.74, 6) is 0. The van der Waals surface area contributed by atoms with Gasteiger partial charge in [-0.15, -0.1) is 0 Å². The van der Waals surface area contributed by atoms with Gasteiger partial charge in [-0.2, -0.15) is 5.10 Å². The van der Waals surface area contributed by atoms with Crippen LogP contribution in [-0.2, 0) is 6.54 Å². The molecule has 0 bridgehead atoms. The molecule has 1 aromatic rings. The average molecular weight is 350 g/mol. The predicted octanol–water partition coefficient (Wildman–Crippen LogP) is 4.22. The molecule has 1 aliphatic carbocycles. The summed E-state index contributed by atoms with van der Waals surface area (Å²) in [6.45, 7) is 5.25. The number of rotatable bonds is 3. The van der Waals surface area contributed by atoms with Gasteiger partial charge in [0.2, 0.25) is 0 Å². The Hall–Kier alpha value is 0.170. The summed E-state index contributed by atoms with van der Waals surface area (Å²) in [7, 11) is 0. The Morgan fingerprint density at radius 1 is 1.31 bits per heavy atom. The molecule has 0 aliphatic heterocycles. The molecule has 1 aliphatic rings. The van der Waals surface area contributed by atoms with E-state index in [9.17, 15) is 0 Å². The maximum Gasteiger partial charge on any atom is 0.0738 e. The van der Waals surface area contributed by atoms with E-state index < -0.39 is 0 Å². The molecule has 0 saturated heterocycles. The molecule has 0 spiro atoms. The summed E-state index contributed by atoms with van der Waals surface area (Å²) in [6.07, 6.45) is 5.39. The minimum atomic E-state index is 0.433. The van der Waals surface area contributed by atoms with Crippen LogP contribution in [-0.4, -0.2) is 15.1 Å². The van der Waals surface area contributed by atoms with E-state index in [2.05, 4.69) is 55.5 Å². The molecule has 0 N–H and O–H groups in total. The summed E-state index contributed by atoms with van der Waals surface area (Å²) in [4.78, 5) is 0. The summed E-state index contributed by atoms with van der Waals surface area (Å²) in [5, 5.41) is 5.71. The normalized spacial score (nSPS) is 19.2. The van der Waals surface area contributed by atoms with Gasteiger partial charge in [0.1, 0.15) is 0 Å². The second-order valence-corrected chi connectivity index (χ2v) is 6.34. The Morgan fingerprint density at radius 3 is 2.38 bits per heavy atom. The number of nitrogens with zero attached hydrogens (tertiary/aromatic N) is 2. The first-order valence-corrected chi connectivity index (χ1v) is 7.75. The number of halogens is 2. The van der Waals surface area contributed by atoms with Crippen LogP contribution in [0.3, 0.4) is 0 Å². The van der Waals surface area contributed by atoms with E-state index in [0.29, 0.717) is 5.41 Å².